The van der Waals surface area contributed by atoms with Gasteiger partial charge in [-0.25, -0.2) is 0 Å². The molecule has 0 amide bonds. The van der Waals surface area contributed by atoms with E-state index in [1.165, 1.54) is 0 Å². The fourth-order valence-electron chi connectivity index (χ4n) is 1.49. The van der Waals surface area contributed by atoms with Crippen LogP contribution < -0.4 is 5.32 Å². The Labute approximate surface area is 48.3 Å². The zero-order valence-corrected chi connectivity index (χ0v) is 4.67. The molecule has 2 N–H and O–H groups in total. The van der Waals surface area contributed by atoms with E-state index < -0.39 is 0 Å². The molecule has 46 valence electrons. The van der Waals surface area contributed by atoms with Gasteiger partial charge in [0, 0.05) is 25.2 Å². The van der Waals surface area contributed by atoms with Crippen molar-refractivity contribution in [2.75, 3.05) is 19.8 Å². The molecule has 0 aromatic carbocycles. The summed E-state index contributed by atoms with van der Waals surface area (Å²) in [4.78, 5) is 2.09. The van der Waals surface area contributed by atoms with Crippen LogP contribution in [0, 0.1) is 0 Å². The standard InChI is InChI=1S/C5H10N2O/c8-3-7-4-1-6-2-5(4)7/h4-6,8H,1-3H2. The molecule has 0 saturated carbocycles. The first kappa shape index (κ1) is 4.73. The van der Waals surface area contributed by atoms with Crippen molar-refractivity contribution in [1.82, 2.24) is 10.2 Å². The molecular formula is C5H10N2O. The van der Waals surface area contributed by atoms with Gasteiger partial charge in [0.2, 0.25) is 0 Å². The maximum atomic E-state index is 8.61. The second-order valence-electron chi connectivity index (χ2n) is 2.45. The molecule has 3 heteroatoms. The Morgan fingerprint density at radius 2 is 2.12 bits per heavy atom. The van der Waals surface area contributed by atoms with Crippen molar-refractivity contribution in [2.45, 2.75) is 12.1 Å². The summed E-state index contributed by atoms with van der Waals surface area (Å²) in [5.74, 6) is 0. The maximum absolute atomic E-state index is 8.61. The lowest BCUT2D eigenvalue weighted by Crippen LogP contribution is -2.23. The Morgan fingerprint density at radius 3 is 2.50 bits per heavy atom. The molecular weight excluding hydrogens is 104 g/mol. The Balaban J connectivity index is 1.94. The van der Waals surface area contributed by atoms with Gasteiger partial charge in [-0.1, -0.05) is 0 Å². The molecule has 2 aliphatic rings. The van der Waals surface area contributed by atoms with Crippen LogP contribution >= 0.6 is 0 Å². The third-order valence-electron chi connectivity index (χ3n) is 2.08. The van der Waals surface area contributed by atoms with E-state index in [1.807, 2.05) is 0 Å². The first-order chi connectivity index (χ1) is 3.93. The Hall–Kier alpha value is -0.120. The monoisotopic (exact) mass is 114 g/mol. The Kier molecular flexibility index (Phi) is 0.848. The van der Waals surface area contributed by atoms with Gasteiger partial charge >= 0.3 is 0 Å². The van der Waals surface area contributed by atoms with Crippen molar-refractivity contribution in [1.29, 1.82) is 0 Å². The first-order valence-electron chi connectivity index (χ1n) is 3.01. The molecule has 2 aliphatic heterocycles. The van der Waals surface area contributed by atoms with E-state index >= 15 is 0 Å². The fraction of sp³-hybridized carbons (Fsp3) is 1.00. The van der Waals surface area contributed by atoms with Gasteiger partial charge in [0.05, 0.1) is 6.73 Å². The molecule has 3 nitrogen and oxygen atoms in total. The van der Waals surface area contributed by atoms with Crippen molar-refractivity contribution in [3.63, 3.8) is 0 Å². The normalized spacial score (nSPS) is 51.4. The molecule has 0 spiro atoms. The van der Waals surface area contributed by atoms with Crippen molar-refractivity contribution in [2.24, 2.45) is 0 Å². The minimum Gasteiger partial charge on any atom is -0.381 e. The lowest BCUT2D eigenvalue weighted by molar-refractivity contribution is 0.179. The van der Waals surface area contributed by atoms with Crippen molar-refractivity contribution < 1.29 is 5.11 Å². The predicted octanol–water partition coefficient (Wildman–Crippen LogP) is -1.41. The number of hydrogen-bond donors (Lipinski definition) is 2. The summed E-state index contributed by atoms with van der Waals surface area (Å²) < 4.78 is 0. The van der Waals surface area contributed by atoms with Gasteiger partial charge < -0.3 is 10.4 Å². The topological polar surface area (TPSA) is 35.3 Å². The number of nitrogens with zero attached hydrogens (tertiary/aromatic N) is 1. The average Bonchev–Trinajstić information content (AvgIpc) is 2.22. The summed E-state index contributed by atoms with van der Waals surface area (Å²) in [7, 11) is 0. The molecule has 0 aliphatic carbocycles. The number of hydrogen-bond acceptors (Lipinski definition) is 3. The summed E-state index contributed by atoms with van der Waals surface area (Å²) in [6.07, 6.45) is 0. The molecule has 8 heavy (non-hydrogen) atoms. The van der Waals surface area contributed by atoms with Crippen LogP contribution in [0.25, 0.3) is 0 Å². The quantitative estimate of drug-likeness (QED) is 0.411. The van der Waals surface area contributed by atoms with Crippen LogP contribution in [-0.2, 0) is 0 Å². The molecule has 2 rings (SSSR count). The maximum Gasteiger partial charge on any atom is 0.0963 e. The zero-order valence-electron chi connectivity index (χ0n) is 4.67. The lowest BCUT2D eigenvalue weighted by atomic mass is 10.4. The van der Waals surface area contributed by atoms with Gasteiger partial charge in [0.25, 0.3) is 0 Å². The van der Waals surface area contributed by atoms with Crippen LogP contribution in [0.5, 0.6) is 0 Å². The van der Waals surface area contributed by atoms with Crippen molar-refractivity contribution >= 4 is 0 Å². The molecule has 2 atom stereocenters. The third kappa shape index (κ3) is 0.438. The highest BCUT2D eigenvalue weighted by atomic mass is 16.3. The zero-order chi connectivity index (χ0) is 5.56. The van der Waals surface area contributed by atoms with E-state index in [0.29, 0.717) is 12.1 Å². The first-order valence-corrected chi connectivity index (χ1v) is 3.01. The SMILES string of the molecule is OCN1C2CNCC21. The second kappa shape index (κ2) is 1.43. The van der Waals surface area contributed by atoms with E-state index in [-0.39, 0.29) is 6.73 Å². The van der Waals surface area contributed by atoms with Crippen LogP contribution in [0.15, 0.2) is 0 Å². The predicted molar refractivity (Wildman–Crippen MR) is 29.4 cm³/mol. The van der Waals surface area contributed by atoms with E-state index in [0.717, 1.165) is 13.1 Å². The molecule has 0 radical (unpaired) electrons. The largest absolute Gasteiger partial charge is 0.381 e. The minimum atomic E-state index is 0.247. The van der Waals surface area contributed by atoms with Crippen LogP contribution in [0.1, 0.15) is 0 Å². The van der Waals surface area contributed by atoms with Crippen LogP contribution in [-0.4, -0.2) is 41.9 Å². The third-order valence-corrected chi connectivity index (χ3v) is 2.08. The molecule has 2 saturated heterocycles. The summed E-state index contributed by atoms with van der Waals surface area (Å²) >= 11 is 0. The van der Waals surface area contributed by atoms with E-state index in [2.05, 4.69) is 10.2 Å². The van der Waals surface area contributed by atoms with Crippen molar-refractivity contribution in [3.8, 4) is 0 Å². The van der Waals surface area contributed by atoms with Gasteiger partial charge in [-0.2, -0.15) is 0 Å². The van der Waals surface area contributed by atoms with Gasteiger partial charge in [0.15, 0.2) is 0 Å². The highest BCUT2D eigenvalue weighted by Gasteiger charge is 2.49. The molecule has 2 fully saturated rings. The number of fused-ring (bicyclic) bond motifs is 1. The van der Waals surface area contributed by atoms with Gasteiger partial charge in [0.1, 0.15) is 0 Å². The van der Waals surface area contributed by atoms with Crippen LogP contribution in [0.4, 0.5) is 0 Å². The summed E-state index contributed by atoms with van der Waals surface area (Å²) in [5, 5.41) is 11.8. The minimum absolute atomic E-state index is 0.247. The number of piperazine rings is 1. The van der Waals surface area contributed by atoms with Crippen molar-refractivity contribution in [3.05, 3.63) is 0 Å². The Bertz CT molecular complexity index is 89.8. The molecule has 0 aromatic heterocycles. The number of aliphatic hydroxyl groups is 1. The molecule has 0 bridgehead atoms. The van der Waals surface area contributed by atoms with E-state index in [1.54, 1.807) is 0 Å². The molecule has 2 heterocycles. The number of nitrogens with one attached hydrogen (secondary N) is 1. The fourth-order valence-corrected chi connectivity index (χ4v) is 1.49. The highest BCUT2D eigenvalue weighted by Crippen LogP contribution is 2.29. The lowest BCUT2D eigenvalue weighted by Gasteiger charge is -2.01. The summed E-state index contributed by atoms with van der Waals surface area (Å²) in [6, 6.07) is 1.33. The van der Waals surface area contributed by atoms with Gasteiger partial charge in [-0.15, -0.1) is 0 Å². The summed E-state index contributed by atoms with van der Waals surface area (Å²) in [5.41, 5.74) is 0. The Morgan fingerprint density at radius 1 is 1.50 bits per heavy atom. The molecule has 0 aromatic rings. The van der Waals surface area contributed by atoms with Gasteiger partial charge in [-0.05, 0) is 0 Å². The smallest absolute Gasteiger partial charge is 0.0963 e. The van der Waals surface area contributed by atoms with Crippen LogP contribution in [0.2, 0.25) is 0 Å². The number of aliphatic hydroxyl groups excluding tert-OH is 1. The summed E-state index contributed by atoms with van der Waals surface area (Å²) in [6.45, 7) is 2.40. The second-order valence-corrected chi connectivity index (χ2v) is 2.45. The average molecular weight is 114 g/mol. The molecule has 2 unspecified atom stereocenters. The van der Waals surface area contributed by atoms with E-state index in [9.17, 15) is 0 Å². The van der Waals surface area contributed by atoms with Crippen LogP contribution in [0.3, 0.4) is 0 Å². The number of rotatable bonds is 1. The van der Waals surface area contributed by atoms with E-state index in [4.69, 9.17) is 5.11 Å². The van der Waals surface area contributed by atoms with Gasteiger partial charge in [-0.3, -0.25) is 4.90 Å². The highest BCUT2D eigenvalue weighted by molar-refractivity contribution is 5.07.